The first-order valence-electron chi connectivity index (χ1n) is 5.19. The average Bonchev–Trinajstić information content (AvgIpc) is 2.73. The Morgan fingerprint density at radius 3 is 2.37 bits per heavy atom. The maximum Gasteiger partial charge on any atom is 0.443 e. The van der Waals surface area contributed by atoms with E-state index in [0.29, 0.717) is 0 Å². The van der Waals surface area contributed by atoms with Gasteiger partial charge in [-0.3, -0.25) is 4.79 Å². The summed E-state index contributed by atoms with van der Waals surface area (Å²) in [4.78, 5) is 25.6. The Morgan fingerprint density at radius 1 is 1.42 bits per heavy atom. The summed E-state index contributed by atoms with van der Waals surface area (Å²) in [5, 5.41) is 10.8. The number of halogens is 3. The molecular weight excluding hydrogens is 285 g/mol. The molecule has 0 saturated heterocycles. The van der Waals surface area contributed by atoms with Crippen LogP contribution in [0.4, 0.5) is 13.2 Å². The quantitative estimate of drug-likeness (QED) is 0.890. The highest BCUT2D eigenvalue weighted by molar-refractivity contribution is 7.09. The number of nitrogens with one attached hydrogen (secondary N) is 1. The lowest BCUT2D eigenvalue weighted by molar-refractivity contribution is -0.140. The van der Waals surface area contributed by atoms with E-state index >= 15 is 0 Å². The van der Waals surface area contributed by atoms with Crippen molar-refractivity contribution in [3.05, 3.63) is 16.1 Å². The van der Waals surface area contributed by atoms with Crippen molar-refractivity contribution in [3.63, 3.8) is 0 Å². The second-order valence-electron chi connectivity index (χ2n) is 4.07. The number of amides is 1. The number of carbonyl (C=O) groups is 2. The SMILES string of the molecule is CC(C)C(NC(=O)c1csc(C(F)(F)F)n1)C(=O)O. The summed E-state index contributed by atoms with van der Waals surface area (Å²) < 4.78 is 36.9. The van der Waals surface area contributed by atoms with Crippen molar-refractivity contribution in [2.75, 3.05) is 0 Å². The van der Waals surface area contributed by atoms with Crippen molar-refractivity contribution in [1.82, 2.24) is 10.3 Å². The minimum Gasteiger partial charge on any atom is -0.480 e. The van der Waals surface area contributed by atoms with E-state index in [4.69, 9.17) is 5.11 Å². The number of carboxylic acids is 1. The molecule has 1 amide bonds. The number of carbonyl (C=O) groups excluding carboxylic acids is 1. The van der Waals surface area contributed by atoms with Crippen LogP contribution in [0.15, 0.2) is 5.38 Å². The number of hydrogen-bond acceptors (Lipinski definition) is 4. The molecule has 0 bridgehead atoms. The minimum absolute atomic E-state index is 0.284. The lowest BCUT2D eigenvalue weighted by Gasteiger charge is -2.16. The van der Waals surface area contributed by atoms with Gasteiger partial charge in [0, 0.05) is 5.38 Å². The zero-order valence-corrected chi connectivity index (χ0v) is 10.8. The van der Waals surface area contributed by atoms with E-state index in [0.717, 1.165) is 5.38 Å². The van der Waals surface area contributed by atoms with Gasteiger partial charge in [0.25, 0.3) is 5.91 Å². The molecule has 0 aromatic carbocycles. The normalized spacial score (nSPS) is 13.4. The summed E-state index contributed by atoms with van der Waals surface area (Å²) in [5.41, 5.74) is -0.441. The monoisotopic (exact) mass is 296 g/mol. The molecule has 2 N–H and O–H groups in total. The van der Waals surface area contributed by atoms with Crippen LogP contribution in [0.1, 0.15) is 29.3 Å². The van der Waals surface area contributed by atoms with E-state index < -0.39 is 40.7 Å². The molecule has 0 aliphatic heterocycles. The van der Waals surface area contributed by atoms with Gasteiger partial charge in [-0.05, 0) is 5.92 Å². The van der Waals surface area contributed by atoms with Crippen LogP contribution < -0.4 is 5.32 Å². The van der Waals surface area contributed by atoms with Crippen molar-refractivity contribution in [2.24, 2.45) is 5.92 Å². The highest BCUT2D eigenvalue weighted by Gasteiger charge is 2.35. The Kier molecular flexibility index (Phi) is 4.51. The van der Waals surface area contributed by atoms with Gasteiger partial charge in [0.05, 0.1) is 0 Å². The molecule has 0 fully saturated rings. The molecule has 9 heteroatoms. The molecule has 5 nitrogen and oxygen atoms in total. The first-order chi connectivity index (χ1) is 8.62. The highest BCUT2D eigenvalue weighted by Crippen LogP contribution is 2.31. The fourth-order valence-corrected chi connectivity index (χ4v) is 1.90. The Balaban J connectivity index is 2.84. The summed E-state index contributed by atoms with van der Waals surface area (Å²) in [7, 11) is 0. The molecule has 1 rings (SSSR count). The lowest BCUT2D eigenvalue weighted by Crippen LogP contribution is -2.44. The molecule has 0 radical (unpaired) electrons. The van der Waals surface area contributed by atoms with Crippen LogP contribution in [-0.4, -0.2) is 28.0 Å². The molecule has 1 unspecified atom stereocenters. The zero-order valence-electron chi connectivity index (χ0n) is 9.99. The molecule has 0 spiro atoms. The Hall–Kier alpha value is -1.64. The Labute approximate surface area is 110 Å². The van der Waals surface area contributed by atoms with Gasteiger partial charge in [-0.25, -0.2) is 9.78 Å². The van der Waals surface area contributed by atoms with Gasteiger partial charge >= 0.3 is 12.1 Å². The number of thiazole rings is 1. The fourth-order valence-electron chi connectivity index (χ4n) is 1.24. The second kappa shape index (κ2) is 5.55. The third kappa shape index (κ3) is 3.91. The van der Waals surface area contributed by atoms with Crippen LogP contribution in [0.25, 0.3) is 0 Å². The van der Waals surface area contributed by atoms with Gasteiger partial charge in [0.1, 0.15) is 11.7 Å². The Bertz CT molecular complexity index is 485. The molecule has 0 saturated carbocycles. The first kappa shape index (κ1) is 15.4. The van der Waals surface area contributed by atoms with Gasteiger partial charge < -0.3 is 10.4 Å². The molecule has 106 valence electrons. The van der Waals surface area contributed by atoms with Crippen LogP contribution in [0.3, 0.4) is 0 Å². The van der Waals surface area contributed by atoms with Gasteiger partial charge in [0.15, 0.2) is 5.01 Å². The van der Waals surface area contributed by atoms with Crippen molar-refractivity contribution in [2.45, 2.75) is 26.1 Å². The topological polar surface area (TPSA) is 79.3 Å². The van der Waals surface area contributed by atoms with Gasteiger partial charge in [-0.2, -0.15) is 13.2 Å². The molecule has 0 aliphatic carbocycles. The van der Waals surface area contributed by atoms with Crippen LogP contribution >= 0.6 is 11.3 Å². The summed E-state index contributed by atoms with van der Waals surface area (Å²) in [6.45, 7) is 3.14. The number of rotatable bonds is 4. The molecule has 0 aliphatic rings. The minimum atomic E-state index is -4.62. The van der Waals surface area contributed by atoms with Crippen LogP contribution in [0, 0.1) is 5.92 Å². The number of carboxylic acid groups (broad SMARTS) is 1. The van der Waals surface area contributed by atoms with Crippen molar-refractivity contribution >= 4 is 23.2 Å². The van der Waals surface area contributed by atoms with Gasteiger partial charge in [-0.1, -0.05) is 13.8 Å². The summed E-state index contributed by atoms with van der Waals surface area (Å²) in [5.74, 6) is -2.59. The number of alkyl halides is 3. The predicted octanol–water partition coefficient (Wildman–Crippen LogP) is 2.00. The third-order valence-electron chi connectivity index (χ3n) is 2.20. The largest absolute Gasteiger partial charge is 0.480 e. The molecule has 1 heterocycles. The van der Waals surface area contributed by atoms with E-state index in [9.17, 15) is 22.8 Å². The summed E-state index contributed by atoms with van der Waals surface area (Å²) in [6.07, 6.45) is -4.62. The van der Waals surface area contributed by atoms with Gasteiger partial charge in [-0.15, -0.1) is 11.3 Å². The van der Waals surface area contributed by atoms with Crippen LogP contribution in [0.5, 0.6) is 0 Å². The number of nitrogens with zero attached hydrogens (tertiary/aromatic N) is 1. The van der Waals surface area contributed by atoms with Crippen LogP contribution in [-0.2, 0) is 11.0 Å². The van der Waals surface area contributed by atoms with Crippen molar-refractivity contribution in [3.8, 4) is 0 Å². The number of aromatic nitrogens is 1. The fraction of sp³-hybridized carbons (Fsp3) is 0.500. The molecular formula is C10H11F3N2O3S. The standard InChI is InChI=1S/C10H11F3N2O3S/c1-4(2)6(8(17)18)15-7(16)5-3-19-9(14-5)10(11,12)13/h3-4,6H,1-2H3,(H,15,16)(H,17,18). The third-order valence-corrected chi connectivity index (χ3v) is 3.09. The van der Waals surface area contributed by atoms with E-state index in [1.54, 1.807) is 13.8 Å². The Morgan fingerprint density at radius 2 is 2.00 bits per heavy atom. The van der Waals surface area contributed by atoms with Crippen molar-refractivity contribution in [1.29, 1.82) is 0 Å². The lowest BCUT2D eigenvalue weighted by atomic mass is 10.0. The molecule has 1 atom stereocenters. The van der Waals surface area contributed by atoms with E-state index in [2.05, 4.69) is 10.3 Å². The molecule has 19 heavy (non-hydrogen) atoms. The smallest absolute Gasteiger partial charge is 0.443 e. The molecule has 1 aromatic rings. The first-order valence-corrected chi connectivity index (χ1v) is 6.07. The second-order valence-corrected chi connectivity index (χ2v) is 4.93. The zero-order chi connectivity index (χ0) is 14.8. The van der Waals surface area contributed by atoms with E-state index in [1.165, 1.54) is 0 Å². The maximum absolute atomic E-state index is 12.3. The highest BCUT2D eigenvalue weighted by atomic mass is 32.1. The van der Waals surface area contributed by atoms with Crippen molar-refractivity contribution < 1.29 is 27.9 Å². The average molecular weight is 296 g/mol. The van der Waals surface area contributed by atoms with Gasteiger partial charge in [0.2, 0.25) is 0 Å². The van der Waals surface area contributed by atoms with E-state index in [1.807, 2.05) is 0 Å². The van der Waals surface area contributed by atoms with Crippen LogP contribution in [0.2, 0.25) is 0 Å². The van der Waals surface area contributed by atoms with E-state index in [-0.39, 0.29) is 11.3 Å². The number of hydrogen-bond donors (Lipinski definition) is 2. The molecule has 1 aromatic heterocycles. The maximum atomic E-state index is 12.3. The number of aliphatic carboxylic acids is 1. The summed E-state index contributed by atoms with van der Waals surface area (Å²) in [6, 6.07) is -1.18. The summed E-state index contributed by atoms with van der Waals surface area (Å²) >= 11 is 0.284. The predicted molar refractivity (Wildman–Crippen MR) is 60.8 cm³/mol.